The first-order valence-corrected chi connectivity index (χ1v) is 19.1. The van der Waals surface area contributed by atoms with E-state index in [4.69, 9.17) is 57.9 Å². The molecule has 0 aromatic carbocycles. The van der Waals surface area contributed by atoms with Crippen LogP contribution < -0.4 is 0 Å². The summed E-state index contributed by atoms with van der Waals surface area (Å²) < 4.78 is 58.0. The number of nitriles is 2. The highest BCUT2D eigenvalue weighted by Crippen LogP contribution is 2.29. The third kappa shape index (κ3) is 44.5. The molecule has 0 fully saturated rings. The fraction of sp³-hybridized carbons (Fsp3) is 0.830. The molecular formula is C47H98N2O18. The highest BCUT2D eigenvalue weighted by atomic mass is 16.7. The van der Waals surface area contributed by atoms with Gasteiger partial charge < -0.3 is 56.8 Å². The molecule has 20 heteroatoms. The van der Waals surface area contributed by atoms with Gasteiger partial charge in [-0.2, -0.15) is 10.5 Å². The van der Waals surface area contributed by atoms with Crippen LogP contribution in [0.15, 0.2) is 0 Å². The Morgan fingerprint density at radius 1 is 0.358 bits per heavy atom. The topological polar surface area (TPSA) is 261 Å². The number of hydrogen-bond donors (Lipinski definition) is 0. The van der Waals surface area contributed by atoms with Gasteiger partial charge in [0.25, 0.3) is 0 Å². The number of hydrogen-bond acceptors (Lipinski definition) is 20. The van der Waals surface area contributed by atoms with E-state index in [0.29, 0.717) is 51.7 Å². The number of esters is 2. The minimum Gasteiger partial charge on any atom is -0.464 e. The Bertz CT molecular complexity index is 1190. The molecule has 0 saturated heterocycles. The summed E-state index contributed by atoms with van der Waals surface area (Å²) in [7, 11) is 5.51. The number of rotatable bonds is 26. The molecule has 0 heterocycles. The maximum atomic E-state index is 11.5. The van der Waals surface area contributed by atoms with Crippen molar-refractivity contribution in [1.29, 1.82) is 10.5 Å². The molecule has 0 saturated carbocycles. The van der Waals surface area contributed by atoms with E-state index in [1.165, 1.54) is 28.4 Å². The van der Waals surface area contributed by atoms with Gasteiger partial charge in [-0.1, -0.05) is 101 Å². The second-order valence-electron chi connectivity index (χ2n) is 12.9. The molecule has 0 amide bonds. The third-order valence-electron chi connectivity index (χ3n) is 9.36. The second-order valence-corrected chi connectivity index (χ2v) is 12.9. The summed E-state index contributed by atoms with van der Waals surface area (Å²) in [5.74, 6) is -1.17. The van der Waals surface area contributed by atoms with Gasteiger partial charge in [0, 0.05) is 30.5 Å². The lowest BCUT2D eigenvalue weighted by molar-refractivity contribution is -0.153. The van der Waals surface area contributed by atoms with Crippen molar-refractivity contribution in [2.75, 3.05) is 94.5 Å². The van der Waals surface area contributed by atoms with Crippen LogP contribution in [-0.4, -0.2) is 131 Å². The van der Waals surface area contributed by atoms with E-state index in [9.17, 15) is 28.8 Å². The van der Waals surface area contributed by atoms with Gasteiger partial charge in [0.2, 0.25) is 0 Å². The van der Waals surface area contributed by atoms with Gasteiger partial charge in [0.05, 0.1) is 39.6 Å². The summed E-state index contributed by atoms with van der Waals surface area (Å²) in [6, 6.07) is 3.42. The van der Waals surface area contributed by atoms with Crippen LogP contribution in [-0.2, 0) is 66.4 Å². The number of nitrogens with zero attached hydrogens (tertiary/aromatic N) is 2. The van der Waals surface area contributed by atoms with Gasteiger partial charge in [-0.15, -0.1) is 0 Å². The van der Waals surface area contributed by atoms with E-state index >= 15 is 0 Å². The van der Waals surface area contributed by atoms with E-state index in [2.05, 4.69) is 9.47 Å². The van der Waals surface area contributed by atoms with E-state index in [0.717, 1.165) is 0 Å². The average Bonchev–Trinajstić information content (AvgIpc) is 3.25. The Hall–Kier alpha value is -5.08. The molecule has 0 N–H and O–H groups in total. The van der Waals surface area contributed by atoms with Crippen molar-refractivity contribution < 1.29 is 85.6 Å². The van der Waals surface area contributed by atoms with Crippen LogP contribution in [0.3, 0.4) is 0 Å². The molecule has 20 nitrogen and oxygen atoms in total. The highest BCUT2D eigenvalue weighted by Gasteiger charge is 2.32. The third-order valence-corrected chi connectivity index (χ3v) is 9.36. The number of carbonyl (C=O) groups excluding carboxylic acids is 6. The minimum absolute atomic E-state index is 0. The summed E-state index contributed by atoms with van der Waals surface area (Å²) in [5.41, 5.74) is -1.33. The normalized spacial score (nSPS) is 9.31. The molecular weight excluding hydrogens is 881 g/mol. The summed E-state index contributed by atoms with van der Waals surface area (Å²) >= 11 is 0. The van der Waals surface area contributed by atoms with Crippen molar-refractivity contribution >= 4 is 36.6 Å². The molecule has 0 bridgehead atoms. The zero-order valence-corrected chi connectivity index (χ0v) is 36.5. The summed E-state index contributed by atoms with van der Waals surface area (Å²) in [6.07, 6.45) is 0.452. The zero-order chi connectivity index (χ0) is 45.6. The monoisotopic (exact) mass is 979 g/mol. The highest BCUT2D eigenvalue weighted by molar-refractivity contribution is 5.72. The van der Waals surface area contributed by atoms with Crippen LogP contribution in [0.1, 0.15) is 152 Å². The van der Waals surface area contributed by atoms with Gasteiger partial charge in [0.15, 0.2) is 0 Å². The van der Waals surface area contributed by atoms with Crippen molar-refractivity contribution in [3.8, 4) is 12.1 Å². The predicted molar refractivity (Wildman–Crippen MR) is 260 cm³/mol. The molecule has 0 aliphatic heterocycles. The van der Waals surface area contributed by atoms with Gasteiger partial charge >= 0.3 is 36.6 Å². The number of ether oxygens (including phenoxy) is 12. The molecule has 0 aliphatic carbocycles. The maximum absolute atomic E-state index is 11.5. The molecule has 0 rings (SSSR count). The average molecular weight is 979 g/mol. The van der Waals surface area contributed by atoms with Crippen molar-refractivity contribution in [2.45, 2.75) is 152 Å². The largest absolute Gasteiger partial charge is 0.508 e. The minimum atomic E-state index is -0.768. The Balaban J connectivity index is -0.0000000744. The summed E-state index contributed by atoms with van der Waals surface area (Å²) in [6.45, 7) is 13.1. The molecule has 0 aromatic heterocycles. The molecule has 0 unspecified atom stereocenters. The SMILES string of the molecule is C.C.C.C.C.C.C.C.CCC(CC)(COC(=O)CC#N)COC(=O)CC#N.CCC(CC)(COC(=O)OC)COC(=O)OC.CCC(CC)(COC(=O)OCCOC)COC(=O)OCCOC. The van der Waals surface area contributed by atoms with Crippen LogP contribution in [0.4, 0.5) is 19.2 Å². The predicted octanol–water partition coefficient (Wildman–Crippen LogP) is 11.5. The van der Waals surface area contributed by atoms with Gasteiger partial charge in [-0.3, -0.25) is 9.59 Å². The van der Waals surface area contributed by atoms with Crippen LogP contribution >= 0.6 is 0 Å². The lowest BCUT2D eigenvalue weighted by Crippen LogP contribution is -2.34. The summed E-state index contributed by atoms with van der Waals surface area (Å²) in [5, 5.41) is 16.7. The van der Waals surface area contributed by atoms with Crippen LogP contribution in [0, 0.1) is 38.9 Å². The first-order valence-electron chi connectivity index (χ1n) is 19.1. The van der Waals surface area contributed by atoms with Crippen molar-refractivity contribution in [3.05, 3.63) is 0 Å². The fourth-order valence-corrected chi connectivity index (χ4v) is 4.26. The Kier molecular flexibility index (Phi) is 73.1. The standard InChI is InChI=1S/C15H28O8.C13H18N2O4.C11H20O6.8CH4/c1-5-15(6-2,11-22-13(16)20-9-7-18-3)12-23-14(17)21-10-8-19-4;1-3-13(4-2,9-18-11(16)5-7-14)10-19-12(17)6-8-15;1-5-11(6-2,7-16-9(12)14-3)8-17-10(13)15-4;;;;;;;;/h5-12H2,1-4H3;3-6,9-10H2,1-2H3;5-8H2,1-4H3;8*1H4. The molecule has 404 valence electrons. The Labute approximate surface area is 407 Å². The molecule has 0 aromatic rings. The molecule has 0 spiro atoms. The zero-order valence-electron chi connectivity index (χ0n) is 36.5. The Morgan fingerprint density at radius 2 is 0.582 bits per heavy atom. The molecule has 0 aliphatic rings. The lowest BCUT2D eigenvalue weighted by Gasteiger charge is -2.30. The summed E-state index contributed by atoms with van der Waals surface area (Å²) in [4.78, 5) is 67.1. The first-order chi connectivity index (χ1) is 28.1. The van der Waals surface area contributed by atoms with E-state index < -0.39 is 52.8 Å². The van der Waals surface area contributed by atoms with Gasteiger partial charge in [0.1, 0.15) is 65.7 Å². The van der Waals surface area contributed by atoms with Crippen molar-refractivity contribution in [1.82, 2.24) is 0 Å². The van der Waals surface area contributed by atoms with Crippen molar-refractivity contribution in [2.24, 2.45) is 16.2 Å². The second kappa shape index (κ2) is 55.2. The van der Waals surface area contributed by atoms with Crippen LogP contribution in [0.5, 0.6) is 0 Å². The van der Waals surface area contributed by atoms with Gasteiger partial charge in [-0.05, 0) is 38.5 Å². The fourth-order valence-electron chi connectivity index (χ4n) is 4.26. The lowest BCUT2D eigenvalue weighted by atomic mass is 9.84. The molecule has 67 heavy (non-hydrogen) atoms. The van der Waals surface area contributed by atoms with Gasteiger partial charge in [-0.25, -0.2) is 19.2 Å². The Morgan fingerprint density at radius 3 is 0.776 bits per heavy atom. The smallest absolute Gasteiger partial charge is 0.464 e. The first kappa shape index (κ1) is 88.6. The molecule has 0 atom stereocenters. The van der Waals surface area contributed by atoms with E-state index in [1.54, 1.807) is 12.1 Å². The van der Waals surface area contributed by atoms with E-state index in [-0.39, 0.29) is 125 Å². The number of methoxy groups -OCH3 is 4. The quantitative estimate of drug-likeness (QED) is 0.0443. The van der Waals surface area contributed by atoms with Crippen LogP contribution in [0.25, 0.3) is 0 Å². The maximum Gasteiger partial charge on any atom is 0.508 e. The van der Waals surface area contributed by atoms with Crippen LogP contribution in [0.2, 0.25) is 0 Å². The van der Waals surface area contributed by atoms with E-state index in [1.807, 2.05) is 41.5 Å². The van der Waals surface area contributed by atoms with Crippen molar-refractivity contribution in [3.63, 3.8) is 0 Å². The number of carbonyl (C=O) groups is 6. The molecule has 0 radical (unpaired) electrons.